The molecule has 0 spiro atoms. The van der Waals surface area contributed by atoms with Gasteiger partial charge in [-0.15, -0.1) is 0 Å². The first-order valence-corrected chi connectivity index (χ1v) is 13.0. The van der Waals surface area contributed by atoms with E-state index in [1.807, 2.05) is 18.2 Å². The number of benzene rings is 4. The largest absolute Gasteiger partial charge is 0.276 e. The predicted octanol–water partition coefficient (Wildman–Crippen LogP) is 7.62. The summed E-state index contributed by atoms with van der Waals surface area (Å²) < 4.78 is 0.701. The lowest BCUT2D eigenvalue weighted by Crippen LogP contribution is -2.33. The van der Waals surface area contributed by atoms with E-state index in [0.717, 1.165) is 46.9 Å². The summed E-state index contributed by atoms with van der Waals surface area (Å²) in [6.45, 7) is 8.75. The summed E-state index contributed by atoms with van der Waals surface area (Å²) in [7, 11) is 6.89. The maximum Gasteiger partial charge on any atom is 0.276 e. The van der Waals surface area contributed by atoms with Crippen molar-refractivity contribution in [2.24, 2.45) is 0 Å². The molecule has 4 aromatic carbocycles. The molecule has 2 atom stereocenters. The second-order valence-corrected chi connectivity index (χ2v) is 11.0. The Morgan fingerprint density at radius 3 is 2.08 bits per heavy atom. The molecule has 3 nitrogen and oxygen atoms in total. The molecule has 2 aliphatic rings. The van der Waals surface area contributed by atoms with E-state index in [1.54, 1.807) is 0 Å². The summed E-state index contributed by atoms with van der Waals surface area (Å²) in [4.78, 5) is 26.1. The summed E-state index contributed by atoms with van der Waals surface area (Å²) in [5.41, 5.74) is 6.24. The first-order chi connectivity index (χ1) is 17.2. The Labute approximate surface area is 218 Å². The van der Waals surface area contributed by atoms with Gasteiger partial charge < -0.3 is 0 Å². The van der Waals surface area contributed by atoms with Crippen LogP contribution in [0.15, 0.2) is 54.6 Å². The molecule has 2 unspecified atom stereocenters. The number of halogens is 1. The van der Waals surface area contributed by atoms with Crippen LogP contribution in [0.25, 0.3) is 32.7 Å². The highest BCUT2D eigenvalue weighted by molar-refractivity contribution is 6.40. The van der Waals surface area contributed by atoms with Crippen molar-refractivity contribution in [1.82, 2.24) is 4.42 Å². The lowest BCUT2D eigenvalue weighted by Gasteiger charge is -2.34. The molecule has 5 heteroatoms. The van der Waals surface area contributed by atoms with Gasteiger partial charge in [0.1, 0.15) is 0 Å². The average molecular weight is 492 g/mol. The van der Waals surface area contributed by atoms with Crippen LogP contribution in [-0.2, 0) is 10.7 Å². The summed E-state index contributed by atoms with van der Waals surface area (Å²) in [5.74, 6) is -0.950. The van der Waals surface area contributed by atoms with Crippen LogP contribution < -0.4 is 0 Å². The van der Waals surface area contributed by atoms with Gasteiger partial charge in [0.05, 0.1) is 7.85 Å². The summed E-state index contributed by atoms with van der Waals surface area (Å²) >= 11 is 6.12. The molecule has 0 fully saturated rings. The van der Waals surface area contributed by atoms with E-state index in [-0.39, 0.29) is 5.41 Å². The minimum atomic E-state index is -0.475. The fraction of sp³-hybridized carbons (Fsp3) is 0.290. The first kappa shape index (κ1) is 23.3. The number of fused-ring (bicyclic) bond motifs is 1. The number of rotatable bonds is 4. The first-order valence-electron chi connectivity index (χ1n) is 12.7. The SMILES string of the molecule is [B]C(C)(CCC)c1ccc2c3c(cccc13)-c1ccc3c4c(ccc(c14)C2(C)CC)C(=O)N(Cl)C3=O. The smallest absolute Gasteiger partial charge is 0.267 e. The Bertz CT molecular complexity index is 1620. The lowest BCUT2D eigenvalue weighted by atomic mass is 9.61. The number of hydrogen-bond donors (Lipinski definition) is 0. The van der Waals surface area contributed by atoms with E-state index in [4.69, 9.17) is 19.6 Å². The van der Waals surface area contributed by atoms with Crippen molar-refractivity contribution in [1.29, 1.82) is 0 Å². The van der Waals surface area contributed by atoms with E-state index < -0.39 is 17.1 Å². The zero-order valence-corrected chi connectivity index (χ0v) is 21.8. The third kappa shape index (κ3) is 2.82. The Morgan fingerprint density at radius 2 is 1.42 bits per heavy atom. The van der Waals surface area contributed by atoms with E-state index in [0.29, 0.717) is 20.9 Å². The van der Waals surface area contributed by atoms with Crippen LogP contribution in [0, 0.1) is 0 Å². The third-order valence-corrected chi connectivity index (χ3v) is 8.90. The minimum absolute atomic E-state index is 0.338. The average Bonchev–Trinajstić information content (AvgIpc) is 2.96. The van der Waals surface area contributed by atoms with Gasteiger partial charge in [-0.25, -0.2) is 0 Å². The maximum atomic E-state index is 13.0. The number of carbonyl (C=O) groups excluding carboxylic acids is 2. The van der Waals surface area contributed by atoms with Crippen molar-refractivity contribution in [3.8, 4) is 11.1 Å². The molecule has 1 aliphatic carbocycles. The van der Waals surface area contributed by atoms with Gasteiger partial charge in [0.2, 0.25) is 0 Å². The fourth-order valence-corrected chi connectivity index (χ4v) is 6.79. The van der Waals surface area contributed by atoms with Crippen molar-refractivity contribution in [2.45, 2.75) is 57.7 Å². The zero-order chi connectivity index (χ0) is 25.6. The highest BCUT2D eigenvalue weighted by atomic mass is 35.5. The van der Waals surface area contributed by atoms with E-state index >= 15 is 0 Å². The molecular formula is C31H27BClNO2. The predicted molar refractivity (Wildman–Crippen MR) is 148 cm³/mol. The number of nitrogens with zero attached hydrogens (tertiary/aromatic N) is 1. The van der Waals surface area contributed by atoms with Gasteiger partial charge in [0.25, 0.3) is 11.8 Å². The zero-order valence-electron chi connectivity index (χ0n) is 21.0. The Kier molecular flexibility index (Phi) is 4.98. The second kappa shape index (κ2) is 7.70. The molecule has 36 heavy (non-hydrogen) atoms. The molecule has 0 saturated carbocycles. The van der Waals surface area contributed by atoms with Crippen molar-refractivity contribution < 1.29 is 9.59 Å². The molecule has 178 valence electrons. The normalized spacial score (nSPS) is 20.1. The van der Waals surface area contributed by atoms with Gasteiger partial charge in [-0.2, -0.15) is 4.42 Å². The van der Waals surface area contributed by atoms with Crippen molar-refractivity contribution in [3.05, 3.63) is 82.4 Å². The molecule has 0 bridgehead atoms. The van der Waals surface area contributed by atoms with Crippen LogP contribution in [-0.4, -0.2) is 24.1 Å². The van der Waals surface area contributed by atoms with Gasteiger partial charge >= 0.3 is 0 Å². The molecule has 2 radical (unpaired) electrons. The maximum absolute atomic E-state index is 13.0. The standard InChI is InChI=1S/C31H27BClNO2/c1-5-16-31(4,32)22-14-15-23-25-17(8-7-9-19(22)25)18-10-11-20-26-21(29(36)34(33)28(20)35)12-13-24(27(18)26)30(23,3)6-2/h7-15H,5-6,16H2,1-4H3. The molecule has 4 aromatic rings. The Balaban J connectivity index is 1.82. The van der Waals surface area contributed by atoms with Gasteiger partial charge in [0, 0.05) is 33.7 Å². The van der Waals surface area contributed by atoms with Gasteiger partial charge in [-0.3, -0.25) is 9.59 Å². The molecule has 1 aliphatic heterocycles. The van der Waals surface area contributed by atoms with Crippen molar-refractivity contribution in [3.63, 3.8) is 0 Å². The van der Waals surface area contributed by atoms with Crippen molar-refractivity contribution in [2.75, 3.05) is 0 Å². The van der Waals surface area contributed by atoms with Gasteiger partial charge in [0.15, 0.2) is 0 Å². The monoisotopic (exact) mass is 491 g/mol. The summed E-state index contributed by atoms with van der Waals surface area (Å²) in [6.07, 6.45) is 2.74. The number of imide groups is 1. The quantitative estimate of drug-likeness (QED) is 0.167. The molecule has 0 aromatic heterocycles. The van der Waals surface area contributed by atoms with Crippen LogP contribution in [0.2, 0.25) is 0 Å². The van der Waals surface area contributed by atoms with Gasteiger partial charge in [-0.05, 0) is 67.8 Å². The minimum Gasteiger partial charge on any atom is -0.267 e. The highest BCUT2D eigenvalue weighted by Crippen LogP contribution is 2.53. The van der Waals surface area contributed by atoms with Crippen LogP contribution >= 0.6 is 11.8 Å². The topological polar surface area (TPSA) is 37.4 Å². The fourth-order valence-electron chi connectivity index (χ4n) is 6.61. The molecule has 2 amide bonds. The van der Waals surface area contributed by atoms with Crippen LogP contribution in [0.5, 0.6) is 0 Å². The Morgan fingerprint density at radius 1 is 0.833 bits per heavy atom. The summed E-state index contributed by atoms with van der Waals surface area (Å²) in [6, 6.07) is 18.6. The highest BCUT2D eigenvalue weighted by Gasteiger charge is 2.40. The van der Waals surface area contributed by atoms with E-state index in [9.17, 15) is 9.59 Å². The van der Waals surface area contributed by atoms with Crippen LogP contribution in [0.4, 0.5) is 0 Å². The molecule has 1 heterocycles. The van der Waals surface area contributed by atoms with Crippen LogP contribution in [0.3, 0.4) is 0 Å². The van der Waals surface area contributed by atoms with E-state index in [2.05, 4.69) is 64.1 Å². The number of carbonyl (C=O) groups is 2. The van der Waals surface area contributed by atoms with Crippen LogP contribution in [0.1, 0.15) is 84.4 Å². The van der Waals surface area contributed by atoms with E-state index in [1.165, 1.54) is 16.3 Å². The van der Waals surface area contributed by atoms with Crippen molar-refractivity contribution >= 4 is 53.0 Å². The molecule has 0 N–H and O–H groups in total. The lowest BCUT2D eigenvalue weighted by molar-refractivity contribution is 0.0727. The summed E-state index contributed by atoms with van der Waals surface area (Å²) in [5, 5.41) is 3.59. The number of hydrogen-bond acceptors (Lipinski definition) is 2. The molecule has 6 rings (SSSR count). The van der Waals surface area contributed by atoms with Gasteiger partial charge in [-0.1, -0.05) is 83.0 Å². The third-order valence-electron chi connectivity index (χ3n) is 8.59. The molecule has 0 saturated heterocycles. The molecular weight excluding hydrogens is 465 g/mol. The Hall–Kier alpha value is -3.11. The number of amides is 2. The second-order valence-electron chi connectivity index (χ2n) is 10.7.